The lowest BCUT2D eigenvalue weighted by Gasteiger charge is -2.16. The fraction of sp³-hybridized carbons (Fsp3) is 0.939. The molecule has 40 heavy (non-hydrogen) atoms. The van der Waals surface area contributed by atoms with Crippen molar-refractivity contribution >= 4 is 11.9 Å². The summed E-state index contributed by atoms with van der Waals surface area (Å²) >= 11 is 0. The second-order valence-corrected chi connectivity index (χ2v) is 11.3. The number of aliphatic hydroxyl groups excluding tert-OH is 1. The lowest BCUT2D eigenvalue weighted by Crippen LogP contribution is -2.27. The van der Waals surface area contributed by atoms with Crippen LogP contribution in [0.1, 0.15) is 162 Å². The first-order valence-corrected chi connectivity index (χ1v) is 16.8. The van der Waals surface area contributed by atoms with Gasteiger partial charge in [0.2, 0.25) is 5.91 Å². The molecule has 7 heteroatoms. The molecule has 0 heterocycles. The number of esters is 1. The number of rotatable bonds is 32. The van der Waals surface area contributed by atoms with Crippen LogP contribution in [-0.2, 0) is 23.8 Å². The van der Waals surface area contributed by atoms with Crippen LogP contribution in [0.3, 0.4) is 0 Å². The number of hydrogen-bond acceptors (Lipinski definition) is 6. The zero-order valence-corrected chi connectivity index (χ0v) is 26.4. The third-order valence-electron chi connectivity index (χ3n) is 7.30. The molecule has 0 aliphatic heterocycles. The summed E-state index contributed by atoms with van der Waals surface area (Å²) in [5.41, 5.74) is 0. The normalized spacial score (nSPS) is 12.0. The van der Waals surface area contributed by atoms with Crippen LogP contribution in [0.4, 0.5) is 0 Å². The van der Waals surface area contributed by atoms with Gasteiger partial charge in [0.05, 0.1) is 13.2 Å². The number of unbranched alkanes of at least 4 members (excludes halogenated alkanes) is 20. The van der Waals surface area contributed by atoms with E-state index in [1.54, 1.807) is 6.92 Å². The molecule has 1 amide bonds. The monoisotopic (exact) mass is 571 g/mol. The molecule has 0 unspecified atom stereocenters. The second-order valence-electron chi connectivity index (χ2n) is 11.3. The van der Waals surface area contributed by atoms with Gasteiger partial charge in [0, 0.05) is 26.5 Å². The Morgan fingerprint density at radius 2 is 1.12 bits per heavy atom. The molecule has 0 aromatic heterocycles. The van der Waals surface area contributed by atoms with Gasteiger partial charge in [-0.05, 0) is 19.3 Å². The van der Waals surface area contributed by atoms with Crippen molar-refractivity contribution < 1.29 is 28.9 Å². The van der Waals surface area contributed by atoms with Crippen LogP contribution >= 0.6 is 0 Å². The molecule has 1 atom stereocenters. The van der Waals surface area contributed by atoms with Gasteiger partial charge in [-0.2, -0.15) is 0 Å². The molecule has 0 aliphatic carbocycles. The molecule has 0 saturated heterocycles. The Labute approximate surface area is 246 Å². The van der Waals surface area contributed by atoms with E-state index in [2.05, 4.69) is 12.2 Å². The summed E-state index contributed by atoms with van der Waals surface area (Å²) in [4.78, 5) is 22.8. The van der Waals surface area contributed by atoms with Crippen LogP contribution in [0.5, 0.6) is 0 Å². The van der Waals surface area contributed by atoms with Crippen molar-refractivity contribution in [3.05, 3.63) is 0 Å². The molecule has 2 N–H and O–H groups in total. The highest BCUT2D eigenvalue weighted by atomic mass is 16.7. The van der Waals surface area contributed by atoms with Gasteiger partial charge in [0.15, 0.2) is 0 Å². The standard InChI is InChI=1S/C33H65NO6/c1-3-4-5-6-7-8-13-16-19-22-25-33(37)40-32(28-35)29-39-30-38-27-24-21-18-15-12-10-9-11-14-17-20-23-26-34-31(2)36/h32,35H,3-30H2,1-2H3,(H,34,36)/t32-/m0/s1. The van der Waals surface area contributed by atoms with Crippen LogP contribution in [0.25, 0.3) is 0 Å². The summed E-state index contributed by atoms with van der Waals surface area (Å²) in [6.45, 7) is 5.40. The molecule has 0 spiro atoms. The van der Waals surface area contributed by atoms with E-state index in [4.69, 9.17) is 14.2 Å². The maximum absolute atomic E-state index is 12.0. The van der Waals surface area contributed by atoms with E-state index in [1.807, 2.05) is 0 Å². The van der Waals surface area contributed by atoms with Crippen LogP contribution in [0.2, 0.25) is 0 Å². The Hall–Kier alpha value is -1.18. The first-order valence-electron chi connectivity index (χ1n) is 16.8. The molecular weight excluding hydrogens is 506 g/mol. The Morgan fingerprint density at radius 1 is 0.650 bits per heavy atom. The highest BCUT2D eigenvalue weighted by Crippen LogP contribution is 2.13. The summed E-state index contributed by atoms with van der Waals surface area (Å²) in [5.74, 6) is -0.183. The average Bonchev–Trinajstić information content (AvgIpc) is 2.94. The molecule has 0 aromatic carbocycles. The van der Waals surface area contributed by atoms with Crippen molar-refractivity contribution in [2.45, 2.75) is 168 Å². The van der Waals surface area contributed by atoms with Gasteiger partial charge in [-0.3, -0.25) is 9.59 Å². The zero-order valence-electron chi connectivity index (χ0n) is 26.4. The number of amides is 1. The topological polar surface area (TPSA) is 94.1 Å². The Kier molecular flexibility index (Phi) is 31.4. The quantitative estimate of drug-likeness (QED) is 0.0482. The predicted octanol–water partition coefficient (Wildman–Crippen LogP) is 8.01. The molecule has 0 aliphatic rings. The molecule has 0 radical (unpaired) electrons. The SMILES string of the molecule is CCCCCCCCCCCCC(=O)O[C@@H](CO)COCOCCCCCCCCCCCCCCNC(C)=O. The van der Waals surface area contributed by atoms with Gasteiger partial charge in [-0.15, -0.1) is 0 Å². The average molecular weight is 572 g/mol. The van der Waals surface area contributed by atoms with E-state index in [9.17, 15) is 14.7 Å². The summed E-state index contributed by atoms with van der Waals surface area (Å²) in [6, 6.07) is 0. The van der Waals surface area contributed by atoms with E-state index >= 15 is 0 Å². The Morgan fingerprint density at radius 3 is 1.62 bits per heavy atom. The number of carbonyl (C=O) groups is 2. The van der Waals surface area contributed by atoms with Crippen LogP contribution in [0.15, 0.2) is 0 Å². The van der Waals surface area contributed by atoms with Gasteiger partial charge in [-0.25, -0.2) is 0 Å². The van der Waals surface area contributed by atoms with E-state index in [0.29, 0.717) is 13.0 Å². The van der Waals surface area contributed by atoms with Crippen molar-refractivity contribution in [2.24, 2.45) is 0 Å². The van der Waals surface area contributed by atoms with E-state index in [-0.39, 0.29) is 31.9 Å². The second kappa shape index (κ2) is 32.3. The van der Waals surface area contributed by atoms with E-state index in [0.717, 1.165) is 32.2 Å². The first kappa shape index (κ1) is 38.8. The lowest BCUT2D eigenvalue weighted by atomic mass is 10.1. The highest BCUT2D eigenvalue weighted by molar-refractivity contribution is 5.72. The predicted molar refractivity (Wildman–Crippen MR) is 164 cm³/mol. The van der Waals surface area contributed by atoms with Crippen LogP contribution < -0.4 is 5.32 Å². The number of aliphatic hydroxyl groups is 1. The molecule has 0 fully saturated rings. The molecule has 0 rings (SSSR count). The van der Waals surface area contributed by atoms with Crippen molar-refractivity contribution in [3.63, 3.8) is 0 Å². The Balaban J connectivity index is 3.36. The summed E-state index contributed by atoms with van der Waals surface area (Å²) in [7, 11) is 0. The fourth-order valence-corrected chi connectivity index (χ4v) is 4.78. The van der Waals surface area contributed by atoms with Gasteiger partial charge in [0.1, 0.15) is 12.9 Å². The summed E-state index contributed by atoms with van der Waals surface area (Å²) < 4.78 is 16.3. The maximum Gasteiger partial charge on any atom is 0.306 e. The third-order valence-corrected chi connectivity index (χ3v) is 7.30. The summed E-state index contributed by atoms with van der Waals surface area (Å²) in [5, 5.41) is 12.3. The minimum atomic E-state index is -0.616. The Bertz CT molecular complexity index is 545. The summed E-state index contributed by atoms with van der Waals surface area (Å²) in [6.07, 6.45) is 27.0. The zero-order chi connectivity index (χ0) is 29.4. The highest BCUT2D eigenvalue weighted by Gasteiger charge is 2.13. The van der Waals surface area contributed by atoms with Crippen molar-refractivity contribution in [2.75, 3.05) is 33.2 Å². The minimum Gasteiger partial charge on any atom is -0.457 e. The van der Waals surface area contributed by atoms with Crippen molar-refractivity contribution in [3.8, 4) is 0 Å². The number of carbonyl (C=O) groups excluding carboxylic acids is 2. The smallest absolute Gasteiger partial charge is 0.306 e. The van der Waals surface area contributed by atoms with E-state index in [1.165, 1.54) is 116 Å². The third kappa shape index (κ3) is 31.3. The largest absolute Gasteiger partial charge is 0.457 e. The fourth-order valence-electron chi connectivity index (χ4n) is 4.78. The molecule has 0 bridgehead atoms. The molecule has 0 saturated carbocycles. The first-order chi connectivity index (χ1) is 19.6. The van der Waals surface area contributed by atoms with Crippen LogP contribution in [0, 0.1) is 0 Å². The lowest BCUT2D eigenvalue weighted by molar-refractivity contribution is -0.159. The van der Waals surface area contributed by atoms with E-state index < -0.39 is 6.10 Å². The van der Waals surface area contributed by atoms with Gasteiger partial charge < -0.3 is 24.6 Å². The molecule has 7 nitrogen and oxygen atoms in total. The van der Waals surface area contributed by atoms with Gasteiger partial charge in [0.25, 0.3) is 0 Å². The van der Waals surface area contributed by atoms with Crippen molar-refractivity contribution in [1.29, 1.82) is 0 Å². The van der Waals surface area contributed by atoms with Gasteiger partial charge >= 0.3 is 5.97 Å². The molecular formula is C33H65NO6. The minimum absolute atomic E-state index is 0.0687. The number of ether oxygens (including phenoxy) is 3. The molecule has 0 aromatic rings. The van der Waals surface area contributed by atoms with Crippen LogP contribution in [-0.4, -0.2) is 56.2 Å². The van der Waals surface area contributed by atoms with Gasteiger partial charge in [-0.1, -0.05) is 129 Å². The number of nitrogens with one attached hydrogen (secondary N) is 1. The molecule has 238 valence electrons. The number of hydrogen-bond donors (Lipinski definition) is 2. The maximum atomic E-state index is 12.0. The van der Waals surface area contributed by atoms with Crippen molar-refractivity contribution in [1.82, 2.24) is 5.32 Å².